The number of aliphatic carboxylic acids is 1. The second-order valence-corrected chi connectivity index (χ2v) is 8.68. The average molecular weight is 523 g/mol. The number of nitrogens with zero attached hydrogens (tertiary/aromatic N) is 3. The molecule has 1 atom stereocenters. The van der Waals surface area contributed by atoms with Crippen molar-refractivity contribution >= 4 is 16.9 Å². The average Bonchev–Trinajstić information content (AvgIpc) is 3.49. The van der Waals surface area contributed by atoms with Gasteiger partial charge in [0.1, 0.15) is 0 Å². The van der Waals surface area contributed by atoms with Crippen LogP contribution in [0.2, 0.25) is 0 Å². The molecule has 0 radical (unpaired) electrons. The van der Waals surface area contributed by atoms with E-state index in [9.17, 15) is 13.2 Å². The Kier molecular flexibility index (Phi) is 7.92. The first-order valence-corrected chi connectivity index (χ1v) is 11.7. The zero-order chi connectivity index (χ0) is 27.3. The summed E-state index contributed by atoms with van der Waals surface area (Å²) in [5.41, 5.74) is 12.3. The summed E-state index contributed by atoms with van der Waals surface area (Å²) >= 11 is 0. The van der Waals surface area contributed by atoms with E-state index in [0.717, 1.165) is 5.56 Å². The summed E-state index contributed by atoms with van der Waals surface area (Å²) in [4.78, 5) is 13.5. The molecule has 1 unspecified atom stereocenters. The smallest absolute Gasteiger partial charge is 0.475 e. The van der Waals surface area contributed by atoms with Crippen molar-refractivity contribution in [2.24, 2.45) is 12.8 Å². The third kappa shape index (κ3) is 6.46. The van der Waals surface area contributed by atoms with Gasteiger partial charge in [-0.3, -0.25) is 0 Å². The highest BCUT2D eigenvalue weighted by molar-refractivity contribution is 5.84. The third-order valence-corrected chi connectivity index (χ3v) is 5.89. The van der Waals surface area contributed by atoms with Crippen LogP contribution in [0.3, 0.4) is 0 Å². The van der Waals surface area contributed by atoms with E-state index < -0.39 is 12.1 Å². The number of carboxylic acid groups (broad SMARTS) is 1. The van der Waals surface area contributed by atoms with E-state index in [2.05, 4.69) is 69.4 Å². The van der Waals surface area contributed by atoms with Crippen LogP contribution in [-0.4, -0.2) is 32.0 Å². The van der Waals surface area contributed by atoms with Crippen LogP contribution in [0.15, 0.2) is 89.6 Å². The summed E-state index contributed by atoms with van der Waals surface area (Å²) in [6, 6.07) is 26.8. The van der Waals surface area contributed by atoms with Crippen LogP contribution in [0.25, 0.3) is 22.0 Å². The molecule has 10 heteroatoms. The molecular formula is C28H25F3N4O3. The quantitative estimate of drug-likeness (QED) is 0.297. The Bertz CT molecular complexity index is 1510. The van der Waals surface area contributed by atoms with Crippen LogP contribution < -0.4 is 5.73 Å². The van der Waals surface area contributed by atoms with Crippen molar-refractivity contribution < 1.29 is 27.6 Å². The fourth-order valence-electron chi connectivity index (χ4n) is 4.03. The van der Waals surface area contributed by atoms with Crippen molar-refractivity contribution in [2.45, 2.75) is 25.1 Å². The molecule has 0 spiro atoms. The summed E-state index contributed by atoms with van der Waals surface area (Å²) in [5, 5.41) is 12.5. The Morgan fingerprint density at radius 3 is 2.26 bits per heavy atom. The Balaban J connectivity index is 0.000000426. The van der Waals surface area contributed by atoms with E-state index in [4.69, 9.17) is 20.2 Å². The number of aryl methyl sites for hydroxylation is 1. The van der Waals surface area contributed by atoms with Gasteiger partial charge in [0.25, 0.3) is 0 Å². The lowest BCUT2D eigenvalue weighted by Crippen LogP contribution is -2.21. The number of halogens is 3. The number of fused-ring (bicyclic) bond motifs is 1. The molecule has 3 N–H and O–H groups in total. The van der Waals surface area contributed by atoms with Crippen LogP contribution in [0.5, 0.6) is 0 Å². The van der Waals surface area contributed by atoms with Crippen LogP contribution in [0, 0.1) is 0 Å². The summed E-state index contributed by atoms with van der Waals surface area (Å²) in [6.07, 6.45) is -1.70. The summed E-state index contributed by atoms with van der Waals surface area (Å²) in [5.74, 6) is -1.63. The minimum atomic E-state index is -5.08. The third-order valence-electron chi connectivity index (χ3n) is 5.89. The number of carbonyl (C=O) groups is 1. The lowest BCUT2D eigenvalue weighted by atomic mass is 10.0. The summed E-state index contributed by atoms with van der Waals surface area (Å²) in [6.45, 7) is 0. The monoisotopic (exact) mass is 522 g/mol. The molecule has 0 aliphatic heterocycles. The van der Waals surface area contributed by atoms with E-state index in [1.165, 1.54) is 27.6 Å². The molecule has 0 saturated carbocycles. The highest BCUT2D eigenvalue weighted by Gasteiger charge is 2.38. The predicted octanol–water partition coefficient (Wildman–Crippen LogP) is 5.69. The molecule has 3 aromatic carbocycles. The van der Waals surface area contributed by atoms with Crippen LogP contribution in [0.1, 0.15) is 28.9 Å². The minimum absolute atomic E-state index is 0.340. The number of carboxylic acids is 1. The normalized spacial score (nSPS) is 12.1. The number of benzene rings is 3. The van der Waals surface area contributed by atoms with Crippen molar-refractivity contribution in [2.75, 3.05) is 0 Å². The lowest BCUT2D eigenvalue weighted by Gasteiger charge is -2.05. The zero-order valence-electron chi connectivity index (χ0n) is 20.4. The maximum Gasteiger partial charge on any atom is 0.490 e. The van der Waals surface area contributed by atoms with Gasteiger partial charge in [-0.15, -0.1) is 0 Å². The van der Waals surface area contributed by atoms with Gasteiger partial charge in [-0.2, -0.15) is 18.2 Å². The van der Waals surface area contributed by atoms with Gasteiger partial charge in [0, 0.05) is 30.6 Å². The molecule has 5 aromatic rings. The number of hydrogen-bond donors (Lipinski definition) is 2. The maximum atomic E-state index is 10.6. The van der Waals surface area contributed by atoms with Gasteiger partial charge in [-0.05, 0) is 34.7 Å². The highest BCUT2D eigenvalue weighted by Crippen LogP contribution is 2.25. The van der Waals surface area contributed by atoms with E-state index >= 15 is 0 Å². The van der Waals surface area contributed by atoms with Gasteiger partial charge in [0.05, 0.1) is 6.04 Å². The molecule has 0 bridgehead atoms. The molecule has 0 aliphatic carbocycles. The molecule has 0 amide bonds. The summed E-state index contributed by atoms with van der Waals surface area (Å²) in [7, 11) is 2.05. The van der Waals surface area contributed by atoms with Crippen molar-refractivity contribution in [3.05, 3.63) is 108 Å². The molecule has 7 nitrogen and oxygen atoms in total. The summed E-state index contributed by atoms with van der Waals surface area (Å²) < 4.78 is 39.3. The topological polar surface area (TPSA) is 107 Å². The molecule has 2 aromatic heterocycles. The number of hydrogen-bond acceptors (Lipinski definition) is 5. The highest BCUT2D eigenvalue weighted by atomic mass is 19.4. The standard InChI is InChI=1S/C26H24N4O.C2HF3O2/c1-30-17-21(22-9-5-6-10-24(22)30)16-23(27)26-28-25(29-31-26)15-18-11-13-20(14-12-18)19-7-3-2-4-8-19;3-2(4,5)1(6)7/h2-14,17,23H,15-16,27H2,1H3;(H,6,7). The molecular weight excluding hydrogens is 497 g/mol. The molecule has 0 saturated heterocycles. The molecule has 196 valence electrons. The van der Waals surface area contributed by atoms with E-state index in [-0.39, 0.29) is 6.04 Å². The van der Waals surface area contributed by atoms with Crippen LogP contribution >= 0.6 is 0 Å². The lowest BCUT2D eigenvalue weighted by molar-refractivity contribution is -0.192. The first kappa shape index (κ1) is 26.6. The van der Waals surface area contributed by atoms with E-state index in [0.29, 0.717) is 24.6 Å². The van der Waals surface area contributed by atoms with Crippen LogP contribution in [-0.2, 0) is 24.7 Å². The molecule has 2 heterocycles. The fraction of sp³-hybridized carbons (Fsp3) is 0.179. The second kappa shape index (κ2) is 11.3. The van der Waals surface area contributed by atoms with Gasteiger partial charge in [0.15, 0.2) is 5.82 Å². The van der Waals surface area contributed by atoms with Crippen LogP contribution in [0.4, 0.5) is 13.2 Å². The molecule has 5 rings (SSSR count). The molecule has 0 fully saturated rings. The Morgan fingerprint density at radius 2 is 1.61 bits per heavy atom. The number of alkyl halides is 3. The van der Waals surface area contributed by atoms with Crippen molar-refractivity contribution in [1.29, 1.82) is 0 Å². The predicted molar refractivity (Wildman–Crippen MR) is 136 cm³/mol. The number of aromatic nitrogens is 3. The molecule has 38 heavy (non-hydrogen) atoms. The first-order chi connectivity index (χ1) is 18.1. The first-order valence-electron chi connectivity index (χ1n) is 11.7. The van der Waals surface area contributed by atoms with Crippen molar-refractivity contribution in [3.63, 3.8) is 0 Å². The minimum Gasteiger partial charge on any atom is -0.475 e. The van der Waals surface area contributed by atoms with Gasteiger partial charge in [-0.25, -0.2) is 4.79 Å². The SMILES string of the molecule is Cn1cc(CC(N)c2nc(Cc3ccc(-c4ccccc4)cc3)no2)c2ccccc21.O=C(O)C(F)(F)F. The Labute approximate surface area is 216 Å². The fourth-order valence-corrected chi connectivity index (χ4v) is 4.03. The number of rotatable bonds is 6. The Hall–Kier alpha value is -4.44. The Morgan fingerprint density at radius 1 is 1.00 bits per heavy atom. The number of nitrogens with two attached hydrogens (primary N) is 1. The largest absolute Gasteiger partial charge is 0.490 e. The second-order valence-electron chi connectivity index (χ2n) is 8.68. The van der Waals surface area contributed by atoms with Gasteiger partial charge >= 0.3 is 12.1 Å². The van der Waals surface area contributed by atoms with E-state index in [1.54, 1.807) is 0 Å². The van der Waals surface area contributed by atoms with Gasteiger partial charge in [-0.1, -0.05) is 78.0 Å². The van der Waals surface area contributed by atoms with Gasteiger partial charge in [0.2, 0.25) is 5.89 Å². The van der Waals surface area contributed by atoms with Crippen molar-refractivity contribution in [1.82, 2.24) is 14.7 Å². The van der Waals surface area contributed by atoms with Gasteiger partial charge < -0.3 is 19.9 Å². The van der Waals surface area contributed by atoms with Crippen molar-refractivity contribution in [3.8, 4) is 11.1 Å². The zero-order valence-corrected chi connectivity index (χ0v) is 20.4. The number of para-hydroxylation sites is 1. The maximum absolute atomic E-state index is 10.6. The molecule has 0 aliphatic rings. The van der Waals surface area contributed by atoms with E-state index in [1.807, 2.05) is 37.4 Å².